The molecule has 1 aliphatic rings. The molecule has 1 N–H and O–H groups in total. The molecule has 0 fully saturated rings. The molecular weight excluding hydrogens is 278 g/mol. The SMILES string of the molecule is CCOC(=O)CC1(c2ccccc2)C(=O)Nc2ccccc21. The van der Waals surface area contributed by atoms with Gasteiger partial charge in [-0.05, 0) is 24.1 Å². The maximum atomic E-state index is 12.8. The standard InChI is InChI=1S/C18H17NO3/c1-2-22-16(20)12-18(13-8-4-3-5-9-13)14-10-6-7-11-15(14)19-17(18)21/h3-11H,2,12H2,1H3,(H,19,21). The van der Waals surface area contributed by atoms with Crippen molar-refractivity contribution < 1.29 is 14.3 Å². The average Bonchev–Trinajstić information content (AvgIpc) is 2.81. The van der Waals surface area contributed by atoms with Crippen molar-refractivity contribution in [2.24, 2.45) is 0 Å². The van der Waals surface area contributed by atoms with Crippen molar-refractivity contribution in [3.8, 4) is 0 Å². The summed E-state index contributed by atoms with van der Waals surface area (Å²) >= 11 is 0. The minimum absolute atomic E-state index is 0.00625. The third-order valence-electron chi connectivity index (χ3n) is 4.00. The van der Waals surface area contributed by atoms with E-state index >= 15 is 0 Å². The van der Waals surface area contributed by atoms with E-state index in [1.165, 1.54) is 0 Å². The first-order chi connectivity index (χ1) is 10.7. The maximum Gasteiger partial charge on any atom is 0.307 e. The summed E-state index contributed by atoms with van der Waals surface area (Å²) in [6, 6.07) is 16.9. The topological polar surface area (TPSA) is 55.4 Å². The molecule has 0 saturated carbocycles. The van der Waals surface area contributed by atoms with Crippen LogP contribution in [0.2, 0.25) is 0 Å². The number of benzene rings is 2. The van der Waals surface area contributed by atoms with Crippen LogP contribution in [0.15, 0.2) is 54.6 Å². The molecule has 0 saturated heterocycles. The van der Waals surface area contributed by atoms with Crippen LogP contribution in [0.1, 0.15) is 24.5 Å². The summed E-state index contributed by atoms with van der Waals surface area (Å²) in [5.74, 6) is -0.564. The minimum atomic E-state index is -1.02. The highest BCUT2D eigenvalue weighted by molar-refractivity contribution is 6.10. The smallest absolute Gasteiger partial charge is 0.307 e. The fourth-order valence-corrected chi connectivity index (χ4v) is 3.03. The zero-order valence-electron chi connectivity index (χ0n) is 12.3. The van der Waals surface area contributed by atoms with E-state index in [4.69, 9.17) is 4.74 Å². The summed E-state index contributed by atoms with van der Waals surface area (Å²) in [5, 5.41) is 2.89. The number of anilines is 1. The van der Waals surface area contributed by atoms with Crippen LogP contribution in [0.25, 0.3) is 0 Å². The molecule has 0 aliphatic carbocycles. The number of amides is 1. The largest absolute Gasteiger partial charge is 0.466 e. The van der Waals surface area contributed by atoms with E-state index in [0.29, 0.717) is 6.61 Å². The molecule has 0 radical (unpaired) electrons. The molecule has 0 bridgehead atoms. The lowest BCUT2D eigenvalue weighted by atomic mass is 9.73. The maximum absolute atomic E-state index is 12.8. The molecule has 0 aromatic heterocycles. The summed E-state index contributed by atoms with van der Waals surface area (Å²) in [4.78, 5) is 24.9. The number of nitrogens with one attached hydrogen (secondary N) is 1. The van der Waals surface area contributed by atoms with Crippen molar-refractivity contribution in [3.63, 3.8) is 0 Å². The van der Waals surface area contributed by atoms with Crippen molar-refractivity contribution in [3.05, 3.63) is 65.7 Å². The van der Waals surface area contributed by atoms with E-state index in [1.54, 1.807) is 6.92 Å². The number of fused-ring (bicyclic) bond motifs is 1. The number of carbonyl (C=O) groups is 2. The van der Waals surface area contributed by atoms with Gasteiger partial charge in [-0.1, -0.05) is 48.5 Å². The van der Waals surface area contributed by atoms with Gasteiger partial charge < -0.3 is 10.1 Å². The second kappa shape index (κ2) is 5.64. The van der Waals surface area contributed by atoms with Gasteiger partial charge in [-0.15, -0.1) is 0 Å². The van der Waals surface area contributed by atoms with Gasteiger partial charge in [0.15, 0.2) is 0 Å². The predicted octanol–water partition coefficient (Wildman–Crippen LogP) is 2.88. The van der Waals surface area contributed by atoms with E-state index in [1.807, 2.05) is 54.6 Å². The number of hydrogen-bond acceptors (Lipinski definition) is 3. The summed E-state index contributed by atoms with van der Waals surface area (Å²) in [5.41, 5.74) is 1.34. The number of ether oxygens (including phenoxy) is 1. The van der Waals surface area contributed by atoms with Crippen LogP contribution in [0, 0.1) is 0 Å². The van der Waals surface area contributed by atoms with Gasteiger partial charge in [0.1, 0.15) is 5.41 Å². The molecule has 4 heteroatoms. The fourth-order valence-electron chi connectivity index (χ4n) is 3.03. The first kappa shape index (κ1) is 14.3. The van der Waals surface area contributed by atoms with Gasteiger partial charge in [0.2, 0.25) is 5.91 Å². The second-order valence-electron chi connectivity index (χ2n) is 5.25. The molecule has 4 nitrogen and oxygen atoms in total. The molecule has 112 valence electrons. The Morgan fingerprint density at radius 3 is 2.50 bits per heavy atom. The van der Waals surface area contributed by atoms with E-state index in [2.05, 4.69) is 5.32 Å². The first-order valence-electron chi connectivity index (χ1n) is 7.30. The Labute approximate surface area is 129 Å². The Morgan fingerprint density at radius 1 is 1.09 bits per heavy atom. The summed E-state index contributed by atoms with van der Waals surface area (Å²) in [6.45, 7) is 2.06. The molecule has 1 unspecified atom stereocenters. The summed E-state index contributed by atoms with van der Waals surface area (Å²) in [6.07, 6.45) is -0.00625. The normalized spacial score (nSPS) is 19.4. The third-order valence-corrected chi connectivity index (χ3v) is 4.00. The Bertz CT molecular complexity index is 711. The van der Waals surface area contributed by atoms with Gasteiger partial charge in [-0.25, -0.2) is 0 Å². The highest BCUT2D eigenvalue weighted by atomic mass is 16.5. The molecular formula is C18H17NO3. The molecule has 1 atom stereocenters. The molecule has 2 aromatic carbocycles. The van der Waals surface area contributed by atoms with Crippen molar-refractivity contribution in [1.82, 2.24) is 0 Å². The van der Waals surface area contributed by atoms with Gasteiger partial charge in [0.05, 0.1) is 13.0 Å². The number of carbonyl (C=O) groups excluding carboxylic acids is 2. The number of rotatable bonds is 4. The van der Waals surface area contributed by atoms with Crippen molar-refractivity contribution in [2.75, 3.05) is 11.9 Å². The predicted molar refractivity (Wildman–Crippen MR) is 83.5 cm³/mol. The molecule has 0 spiro atoms. The van der Waals surface area contributed by atoms with Crippen molar-refractivity contribution in [1.29, 1.82) is 0 Å². The van der Waals surface area contributed by atoms with Gasteiger partial charge in [0.25, 0.3) is 0 Å². The quantitative estimate of drug-likeness (QED) is 0.882. The molecule has 1 heterocycles. The van der Waals surface area contributed by atoms with Crippen LogP contribution >= 0.6 is 0 Å². The molecule has 1 amide bonds. The Morgan fingerprint density at radius 2 is 1.77 bits per heavy atom. The average molecular weight is 295 g/mol. The van der Waals surface area contributed by atoms with Gasteiger partial charge in [0, 0.05) is 5.69 Å². The van der Waals surface area contributed by atoms with E-state index in [-0.39, 0.29) is 18.3 Å². The monoisotopic (exact) mass is 295 g/mol. The molecule has 3 rings (SSSR count). The molecule has 22 heavy (non-hydrogen) atoms. The molecule has 2 aromatic rings. The van der Waals surface area contributed by atoms with Gasteiger partial charge in [-0.3, -0.25) is 9.59 Å². The zero-order valence-corrected chi connectivity index (χ0v) is 12.3. The lowest BCUT2D eigenvalue weighted by Crippen LogP contribution is -2.38. The number of esters is 1. The van der Waals surface area contributed by atoms with Crippen LogP contribution in [-0.2, 0) is 19.7 Å². The zero-order chi connectivity index (χ0) is 15.6. The first-order valence-corrected chi connectivity index (χ1v) is 7.30. The highest BCUT2D eigenvalue weighted by Crippen LogP contribution is 2.45. The van der Waals surface area contributed by atoms with E-state index in [0.717, 1.165) is 16.8 Å². The van der Waals surface area contributed by atoms with Crippen molar-refractivity contribution in [2.45, 2.75) is 18.8 Å². The number of para-hydroxylation sites is 1. The van der Waals surface area contributed by atoms with E-state index in [9.17, 15) is 9.59 Å². The lowest BCUT2D eigenvalue weighted by molar-refractivity contribution is -0.145. The Kier molecular flexibility index (Phi) is 3.67. The number of hydrogen-bond donors (Lipinski definition) is 1. The van der Waals surface area contributed by atoms with Crippen LogP contribution < -0.4 is 5.32 Å². The van der Waals surface area contributed by atoms with Crippen LogP contribution in [0.4, 0.5) is 5.69 Å². The van der Waals surface area contributed by atoms with Gasteiger partial charge in [-0.2, -0.15) is 0 Å². The van der Waals surface area contributed by atoms with Crippen LogP contribution in [0.3, 0.4) is 0 Å². The van der Waals surface area contributed by atoms with E-state index < -0.39 is 5.41 Å². The highest BCUT2D eigenvalue weighted by Gasteiger charge is 2.49. The Balaban J connectivity index is 2.16. The second-order valence-corrected chi connectivity index (χ2v) is 5.25. The summed E-state index contributed by atoms with van der Waals surface area (Å²) < 4.78 is 5.09. The summed E-state index contributed by atoms with van der Waals surface area (Å²) in [7, 11) is 0. The van der Waals surface area contributed by atoms with Crippen LogP contribution in [-0.4, -0.2) is 18.5 Å². The lowest BCUT2D eigenvalue weighted by Gasteiger charge is -2.27. The van der Waals surface area contributed by atoms with Crippen molar-refractivity contribution >= 4 is 17.6 Å². The Hall–Kier alpha value is -2.62. The van der Waals surface area contributed by atoms with Gasteiger partial charge >= 0.3 is 5.97 Å². The fraction of sp³-hybridized carbons (Fsp3) is 0.222. The van der Waals surface area contributed by atoms with Crippen LogP contribution in [0.5, 0.6) is 0 Å². The minimum Gasteiger partial charge on any atom is -0.466 e. The third kappa shape index (κ3) is 2.17. The molecule has 1 aliphatic heterocycles.